The summed E-state index contributed by atoms with van der Waals surface area (Å²) in [4.78, 5) is 2.49. The molecule has 1 fully saturated rings. The van der Waals surface area contributed by atoms with Crippen molar-refractivity contribution in [3.63, 3.8) is 0 Å². The number of anilines is 1. The molecule has 5 heteroatoms. The van der Waals surface area contributed by atoms with E-state index in [4.69, 9.17) is 19.6 Å². The summed E-state index contributed by atoms with van der Waals surface area (Å²) in [6, 6.07) is 21.9. The topological polar surface area (TPSA) is 60.9 Å². The molecule has 0 saturated carbocycles. The van der Waals surface area contributed by atoms with Gasteiger partial charge in [-0.25, -0.2) is 0 Å². The molecular weight excluding hydrogens is 376 g/mol. The molecular formula is C25H30N2O3. The van der Waals surface area contributed by atoms with Gasteiger partial charge in [0.2, 0.25) is 0 Å². The van der Waals surface area contributed by atoms with E-state index in [9.17, 15) is 0 Å². The summed E-state index contributed by atoms with van der Waals surface area (Å²) in [6.07, 6.45) is 4.83. The molecule has 1 aliphatic rings. The first-order valence-corrected chi connectivity index (χ1v) is 10.7. The number of hydrogen-bond donors (Lipinski definition) is 1. The highest BCUT2D eigenvalue weighted by atomic mass is 16.5. The van der Waals surface area contributed by atoms with Crippen LogP contribution in [0.4, 0.5) is 5.69 Å². The maximum absolute atomic E-state index is 6.51. The molecule has 0 bridgehead atoms. The fraction of sp³-hybridized carbons (Fsp3) is 0.360. The van der Waals surface area contributed by atoms with E-state index in [1.807, 2.05) is 54.6 Å². The summed E-state index contributed by atoms with van der Waals surface area (Å²) >= 11 is 0. The van der Waals surface area contributed by atoms with Crippen molar-refractivity contribution >= 4 is 5.69 Å². The lowest BCUT2D eigenvalue weighted by Gasteiger charge is -2.33. The van der Waals surface area contributed by atoms with Crippen LogP contribution in [0.1, 0.15) is 36.7 Å². The van der Waals surface area contributed by atoms with Gasteiger partial charge in [0.25, 0.3) is 0 Å². The van der Waals surface area contributed by atoms with Crippen LogP contribution >= 0.6 is 0 Å². The van der Waals surface area contributed by atoms with Gasteiger partial charge in [0, 0.05) is 19.6 Å². The van der Waals surface area contributed by atoms with Crippen LogP contribution in [0.25, 0.3) is 0 Å². The Balaban J connectivity index is 1.22. The zero-order chi connectivity index (χ0) is 20.6. The summed E-state index contributed by atoms with van der Waals surface area (Å²) in [5.41, 5.74) is 7.75. The predicted molar refractivity (Wildman–Crippen MR) is 119 cm³/mol. The van der Waals surface area contributed by atoms with E-state index in [0.29, 0.717) is 12.3 Å². The Hall–Kier alpha value is -2.76. The van der Waals surface area contributed by atoms with Crippen molar-refractivity contribution < 1.29 is 13.9 Å². The van der Waals surface area contributed by atoms with Crippen molar-refractivity contribution in [2.45, 2.75) is 31.5 Å². The monoisotopic (exact) mass is 406 g/mol. The predicted octanol–water partition coefficient (Wildman–Crippen LogP) is 4.90. The summed E-state index contributed by atoms with van der Waals surface area (Å²) in [6.45, 7) is 3.79. The van der Waals surface area contributed by atoms with Gasteiger partial charge in [0.1, 0.15) is 17.6 Å². The number of hydrogen-bond acceptors (Lipinski definition) is 5. The molecule has 1 atom stereocenters. The quantitative estimate of drug-likeness (QED) is 0.404. The van der Waals surface area contributed by atoms with E-state index in [-0.39, 0.29) is 12.2 Å². The summed E-state index contributed by atoms with van der Waals surface area (Å²) < 4.78 is 18.0. The fourth-order valence-corrected chi connectivity index (χ4v) is 3.92. The van der Waals surface area contributed by atoms with Crippen molar-refractivity contribution in [1.29, 1.82) is 0 Å². The highest BCUT2D eigenvalue weighted by Crippen LogP contribution is 2.30. The Kier molecular flexibility index (Phi) is 7.06. The highest BCUT2D eigenvalue weighted by molar-refractivity contribution is 5.51. The first kappa shape index (κ1) is 20.5. The smallest absolute Gasteiger partial charge is 0.142 e. The molecule has 2 N–H and O–H groups in total. The number of nitrogens with two attached hydrogens (primary N) is 1. The standard InChI is InChI=1S/C25H30N2O3/c26-22-10-4-5-11-23(22)28-19-7-15-27-16-13-21(14-17-27)30-25(24-12-6-18-29-24)20-8-2-1-3-9-20/h1-6,8-12,18,21,25H,7,13-17,19,26H2. The van der Waals surface area contributed by atoms with Gasteiger partial charge < -0.3 is 24.5 Å². The van der Waals surface area contributed by atoms with E-state index in [1.165, 1.54) is 0 Å². The van der Waals surface area contributed by atoms with Gasteiger partial charge in [-0.1, -0.05) is 42.5 Å². The number of piperidine rings is 1. The second kappa shape index (κ2) is 10.3. The molecule has 1 saturated heterocycles. The number of likely N-dealkylation sites (tertiary alicyclic amines) is 1. The molecule has 30 heavy (non-hydrogen) atoms. The molecule has 0 aliphatic carbocycles. The van der Waals surface area contributed by atoms with E-state index in [1.54, 1.807) is 6.26 Å². The highest BCUT2D eigenvalue weighted by Gasteiger charge is 2.26. The molecule has 5 nitrogen and oxygen atoms in total. The van der Waals surface area contributed by atoms with Gasteiger partial charge >= 0.3 is 0 Å². The normalized spacial score (nSPS) is 16.4. The molecule has 4 rings (SSSR count). The van der Waals surface area contributed by atoms with E-state index in [0.717, 1.165) is 56.0 Å². The third-order valence-corrected chi connectivity index (χ3v) is 5.56. The second-order valence-corrected chi connectivity index (χ2v) is 7.72. The molecule has 2 aromatic carbocycles. The van der Waals surface area contributed by atoms with Crippen LogP contribution in [-0.2, 0) is 4.74 Å². The molecule has 0 spiro atoms. The van der Waals surface area contributed by atoms with Crippen molar-refractivity contribution in [2.75, 3.05) is 32.0 Å². The minimum Gasteiger partial charge on any atom is -0.491 e. The summed E-state index contributed by atoms with van der Waals surface area (Å²) in [7, 11) is 0. The first-order valence-electron chi connectivity index (χ1n) is 10.7. The van der Waals surface area contributed by atoms with Crippen LogP contribution in [0.2, 0.25) is 0 Å². The summed E-state index contributed by atoms with van der Waals surface area (Å²) in [5.74, 6) is 1.63. The Morgan fingerprint density at radius 2 is 1.73 bits per heavy atom. The molecule has 158 valence electrons. The molecule has 1 unspecified atom stereocenters. The lowest BCUT2D eigenvalue weighted by molar-refractivity contribution is -0.0348. The third kappa shape index (κ3) is 5.43. The number of nitrogens with zero attached hydrogens (tertiary/aromatic N) is 1. The van der Waals surface area contributed by atoms with Crippen LogP contribution in [0, 0.1) is 0 Å². The average Bonchev–Trinajstić information content (AvgIpc) is 3.32. The fourth-order valence-electron chi connectivity index (χ4n) is 3.92. The van der Waals surface area contributed by atoms with Gasteiger partial charge in [-0.2, -0.15) is 0 Å². The van der Waals surface area contributed by atoms with E-state index in [2.05, 4.69) is 17.0 Å². The minimum absolute atomic E-state index is 0.150. The SMILES string of the molecule is Nc1ccccc1OCCCN1CCC(OC(c2ccccc2)c2ccco2)CC1. The molecule has 2 heterocycles. The Morgan fingerprint density at radius 3 is 2.47 bits per heavy atom. The minimum atomic E-state index is -0.150. The summed E-state index contributed by atoms with van der Waals surface area (Å²) in [5, 5.41) is 0. The van der Waals surface area contributed by atoms with Crippen molar-refractivity contribution in [1.82, 2.24) is 4.90 Å². The van der Waals surface area contributed by atoms with Crippen LogP contribution < -0.4 is 10.5 Å². The molecule has 0 radical (unpaired) electrons. The van der Waals surface area contributed by atoms with Crippen LogP contribution in [0.5, 0.6) is 5.75 Å². The van der Waals surface area contributed by atoms with E-state index < -0.39 is 0 Å². The van der Waals surface area contributed by atoms with Crippen LogP contribution in [0.3, 0.4) is 0 Å². The Labute approximate surface area is 178 Å². The number of nitrogen functional groups attached to an aromatic ring is 1. The van der Waals surface area contributed by atoms with E-state index >= 15 is 0 Å². The number of furan rings is 1. The number of benzene rings is 2. The zero-order valence-electron chi connectivity index (χ0n) is 17.3. The molecule has 0 amide bonds. The number of rotatable bonds is 9. The second-order valence-electron chi connectivity index (χ2n) is 7.72. The lowest BCUT2D eigenvalue weighted by atomic mass is 10.0. The van der Waals surface area contributed by atoms with Crippen LogP contribution in [-0.4, -0.2) is 37.2 Å². The van der Waals surface area contributed by atoms with Gasteiger partial charge in [0.15, 0.2) is 0 Å². The zero-order valence-corrected chi connectivity index (χ0v) is 17.3. The molecule has 3 aromatic rings. The van der Waals surface area contributed by atoms with Gasteiger partial charge in [-0.15, -0.1) is 0 Å². The lowest BCUT2D eigenvalue weighted by Crippen LogP contribution is -2.38. The maximum atomic E-state index is 6.51. The maximum Gasteiger partial charge on any atom is 0.142 e. The first-order chi connectivity index (χ1) is 14.8. The molecule has 1 aliphatic heterocycles. The van der Waals surface area contributed by atoms with Gasteiger partial charge in [0.05, 0.1) is 24.7 Å². The Morgan fingerprint density at radius 1 is 0.967 bits per heavy atom. The van der Waals surface area contributed by atoms with Crippen molar-refractivity contribution in [2.24, 2.45) is 0 Å². The van der Waals surface area contributed by atoms with Gasteiger partial charge in [-0.3, -0.25) is 0 Å². The Bertz CT molecular complexity index is 874. The molecule has 1 aromatic heterocycles. The number of para-hydroxylation sites is 2. The number of ether oxygens (including phenoxy) is 2. The van der Waals surface area contributed by atoms with Crippen LogP contribution in [0.15, 0.2) is 77.4 Å². The van der Waals surface area contributed by atoms with Gasteiger partial charge in [-0.05, 0) is 49.1 Å². The largest absolute Gasteiger partial charge is 0.491 e. The van der Waals surface area contributed by atoms with Crippen molar-refractivity contribution in [3.8, 4) is 5.75 Å². The third-order valence-electron chi connectivity index (χ3n) is 5.56. The average molecular weight is 407 g/mol. The van der Waals surface area contributed by atoms with Crippen molar-refractivity contribution in [3.05, 3.63) is 84.3 Å².